The molecule has 1 N–H and O–H groups in total. The van der Waals surface area contributed by atoms with Crippen LogP contribution in [0.15, 0.2) is 16.5 Å². The number of rotatable bonds is 5. The zero-order valence-corrected chi connectivity index (χ0v) is 15.1. The summed E-state index contributed by atoms with van der Waals surface area (Å²) >= 11 is 0. The largest absolute Gasteiger partial charge is 0.464 e. The van der Waals surface area contributed by atoms with Crippen molar-refractivity contribution in [1.82, 2.24) is 15.1 Å². The lowest BCUT2D eigenvalue weighted by Crippen LogP contribution is -2.42. The quantitative estimate of drug-likeness (QED) is 0.890. The summed E-state index contributed by atoms with van der Waals surface area (Å²) in [7, 11) is 0. The van der Waals surface area contributed by atoms with Crippen LogP contribution in [0, 0.1) is 0 Å². The molecule has 0 aliphatic carbocycles. The van der Waals surface area contributed by atoms with Crippen LogP contribution in [0.25, 0.3) is 0 Å². The summed E-state index contributed by atoms with van der Waals surface area (Å²) in [4.78, 5) is 28.4. The van der Waals surface area contributed by atoms with E-state index in [1.54, 1.807) is 0 Å². The van der Waals surface area contributed by atoms with Crippen molar-refractivity contribution >= 4 is 11.9 Å². The number of hydrogen-bond donors (Lipinski definition) is 1. The van der Waals surface area contributed by atoms with Gasteiger partial charge in [-0.3, -0.25) is 4.79 Å². The molecule has 138 valence electrons. The Kier molecular flexibility index (Phi) is 6.00. The minimum absolute atomic E-state index is 0.0121. The molecule has 25 heavy (non-hydrogen) atoms. The maximum absolute atomic E-state index is 12.5. The Hall–Kier alpha value is -1.98. The lowest BCUT2D eigenvalue weighted by molar-refractivity contribution is -0.131. The predicted octanol–water partition coefficient (Wildman–Crippen LogP) is 3.09. The number of likely N-dealkylation sites (tertiary alicyclic amines) is 2. The Labute approximate surface area is 149 Å². The van der Waals surface area contributed by atoms with Gasteiger partial charge in [0, 0.05) is 39.0 Å². The van der Waals surface area contributed by atoms with E-state index in [-0.39, 0.29) is 18.0 Å². The summed E-state index contributed by atoms with van der Waals surface area (Å²) in [6.07, 6.45) is 6.54. The maximum atomic E-state index is 12.5. The van der Waals surface area contributed by atoms with Crippen molar-refractivity contribution in [2.45, 2.75) is 57.9 Å². The minimum Gasteiger partial charge on any atom is -0.464 e. The van der Waals surface area contributed by atoms with Crippen LogP contribution >= 0.6 is 0 Å². The van der Waals surface area contributed by atoms with Gasteiger partial charge in [0.15, 0.2) is 0 Å². The predicted molar refractivity (Wildman–Crippen MR) is 95.2 cm³/mol. The smallest absolute Gasteiger partial charge is 0.318 e. The molecule has 1 atom stereocenters. The number of hydrogen-bond acceptors (Lipinski definition) is 3. The van der Waals surface area contributed by atoms with Gasteiger partial charge in [0.25, 0.3) is 0 Å². The second-order valence-electron chi connectivity index (χ2n) is 6.93. The minimum atomic E-state index is -0.0941. The summed E-state index contributed by atoms with van der Waals surface area (Å²) in [6.45, 7) is 4.91. The van der Waals surface area contributed by atoms with Crippen LogP contribution in [-0.4, -0.2) is 47.9 Å². The van der Waals surface area contributed by atoms with E-state index in [1.165, 1.54) is 6.42 Å². The van der Waals surface area contributed by atoms with E-state index in [1.807, 2.05) is 21.9 Å². The first-order chi connectivity index (χ1) is 12.2. The Balaban J connectivity index is 1.47. The van der Waals surface area contributed by atoms with Crippen molar-refractivity contribution in [3.05, 3.63) is 23.7 Å². The average molecular weight is 347 g/mol. The Morgan fingerprint density at radius 2 is 1.96 bits per heavy atom. The molecule has 2 aliphatic heterocycles. The summed E-state index contributed by atoms with van der Waals surface area (Å²) in [5.41, 5.74) is 0. The van der Waals surface area contributed by atoms with Gasteiger partial charge in [-0.1, -0.05) is 6.92 Å². The van der Waals surface area contributed by atoms with Crippen LogP contribution in [0.4, 0.5) is 4.79 Å². The van der Waals surface area contributed by atoms with Crippen LogP contribution in [0.2, 0.25) is 0 Å². The highest BCUT2D eigenvalue weighted by molar-refractivity contribution is 5.78. The summed E-state index contributed by atoms with van der Waals surface area (Å²) in [5, 5.41) is 2.91. The molecule has 1 aromatic rings. The first kappa shape index (κ1) is 17.8. The highest BCUT2D eigenvalue weighted by atomic mass is 16.3. The molecule has 2 aliphatic rings. The monoisotopic (exact) mass is 347 g/mol. The van der Waals surface area contributed by atoms with E-state index >= 15 is 0 Å². The molecule has 3 heterocycles. The molecule has 3 rings (SSSR count). The highest BCUT2D eigenvalue weighted by Crippen LogP contribution is 2.33. The third-order valence-corrected chi connectivity index (χ3v) is 5.20. The fraction of sp³-hybridized carbons (Fsp3) is 0.684. The molecule has 2 fully saturated rings. The summed E-state index contributed by atoms with van der Waals surface area (Å²) in [6, 6.07) is 3.89. The molecule has 3 amide bonds. The molecule has 0 aromatic carbocycles. The zero-order chi connectivity index (χ0) is 17.6. The van der Waals surface area contributed by atoms with Crippen molar-refractivity contribution in [1.29, 1.82) is 0 Å². The van der Waals surface area contributed by atoms with Gasteiger partial charge < -0.3 is 19.5 Å². The highest BCUT2D eigenvalue weighted by Gasteiger charge is 2.32. The Morgan fingerprint density at radius 1 is 1.16 bits per heavy atom. The fourth-order valence-electron chi connectivity index (χ4n) is 3.75. The Bertz CT molecular complexity index is 592. The summed E-state index contributed by atoms with van der Waals surface area (Å²) < 4.78 is 5.84. The number of urea groups is 1. The topological polar surface area (TPSA) is 65.8 Å². The molecular weight excluding hydrogens is 318 g/mol. The molecule has 0 spiro atoms. The first-order valence-corrected chi connectivity index (χ1v) is 9.60. The van der Waals surface area contributed by atoms with Crippen molar-refractivity contribution in [3.63, 3.8) is 0 Å². The van der Waals surface area contributed by atoms with Crippen LogP contribution in [0.5, 0.6) is 0 Å². The third kappa shape index (κ3) is 4.35. The molecule has 0 radical (unpaired) electrons. The number of piperidine rings is 1. The maximum Gasteiger partial charge on any atom is 0.318 e. The number of aryl methyl sites for hydroxylation is 1. The van der Waals surface area contributed by atoms with Crippen LogP contribution in [-0.2, 0) is 11.2 Å². The number of amides is 3. The number of carbonyl (C=O) groups is 2. The first-order valence-electron chi connectivity index (χ1n) is 9.60. The average Bonchev–Trinajstić information content (AvgIpc) is 3.31. The van der Waals surface area contributed by atoms with Gasteiger partial charge in [-0.15, -0.1) is 0 Å². The van der Waals surface area contributed by atoms with E-state index in [4.69, 9.17) is 4.42 Å². The van der Waals surface area contributed by atoms with Crippen LogP contribution in [0.1, 0.15) is 63.0 Å². The molecule has 6 nitrogen and oxygen atoms in total. The lowest BCUT2D eigenvalue weighted by atomic mass is 10.1. The fourth-order valence-corrected chi connectivity index (χ4v) is 3.75. The van der Waals surface area contributed by atoms with Crippen molar-refractivity contribution in [2.24, 2.45) is 0 Å². The second kappa shape index (κ2) is 8.41. The molecule has 6 heteroatoms. The molecule has 2 saturated heterocycles. The van der Waals surface area contributed by atoms with Gasteiger partial charge in [-0.25, -0.2) is 4.79 Å². The van der Waals surface area contributed by atoms with Gasteiger partial charge in [0.05, 0.1) is 6.04 Å². The molecule has 1 aromatic heterocycles. The SMILES string of the molecule is CCc1ccc(C2CCCN2C(=O)NCCC(=O)N2CCCCC2)o1. The van der Waals surface area contributed by atoms with Gasteiger partial charge >= 0.3 is 6.03 Å². The zero-order valence-electron chi connectivity index (χ0n) is 15.1. The van der Waals surface area contributed by atoms with E-state index in [0.717, 1.165) is 63.3 Å². The van der Waals surface area contributed by atoms with E-state index < -0.39 is 0 Å². The second-order valence-corrected chi connectivity index (χ2v) is 6.93. The van der Waals surface area contributed by atoms with Gasteiger partial charge in [-0.2, -0.15) is 0 Å². The lowest BCUT2D eigenvalue weighted by Gasteiger charge is -2.27. The summed E-state index contributed by atoms with van der Waals surface area (Å²) in [5.74, 6) is 1.97. The third-order valence-electron chi connectivity index (χ3n) is 5.20. The number of carbonyl (C=O) groups excluding carboxylic acids is 2. The molecule has 0 saturated carbocycles. The standard InChI is InChI=1S/C19H29N3O3/c1-2-15-8-9-17(25-15)16-7-6-14-22(16)19(24)20-11-10-18(23)21-12-4-3-5-13-21/h8-9,16H,2-7,10-14H2,1H3,(H,20,24). The van der Waals surface area contributed by atoms with Gasteiger partial charge in [0.2, 0.25) is 5.91 Å². The molecular formula is C19H29N3O3. The van der Waals surface area contributed by atoms with Crippen molar-refractivity contribution in [2.75, 3.05) is 26.2 Å². The van der Waals surface area contributed by atoms with Crippen molar-refractivity contribution < 1.29 is 14.0 Å². The van der Waals surface area contributed by atoms with E-state index in [2.05, 4.69) is 12.2 Å². The number of nitrogens with zero attached hydrogens (tertiary/aromatic N) is 2. The van der Waals surface area contributed by atoms with Gasteiger partial charge in [-0.05, 0) is 44.2 Å². The molecule has 1 unspecified atom stereocenters. The normalized spacial score (nSPS) is 20.8. The van der Waals surface area contributed by atoms with E-state index in [9.17, 15) is 9.59 Å². The van der Waals surface area contributed by atoms with Crippen molar-refractivity contribution in [3.8, 4) is 0 Å². The number of furan rings is 1. The number of nitrogens with one attached hydrogen (secondary N) is 1. The van der Waals surface area contributed by atoms with E-state index in [0.29, 0.717) is 13.0 Å². The van der Waals surface area contributed by atoms with Crippen LogP contribution in [0.3, 0.4) is 0 Å². The molecule has 0 bridgehead atoms. The Morgan fingerprint density at radius 3 is 2.68 bits per heavy atom. The van der Waals surface area contributed by atoms with Crippen LogP contribution < -0.4 is 5.32 Å². The van der Waals surface area contributed by atoms with Gasteiger partial charge in [0.1, 0.15) is 11.5 Å².